The van der Waals surface area contributed by atoms with E-state index in [1.807, 2.05) is 0 Å². The number of alkyl halides is 2. The summed E-state index contributed by atoms with van der Waals surface area (Å²) < 4.78 is 18.5. The number of hydrogen-bond acceptors (Lipinski definition) is 2. The normalized spacial score (nSPS) is 20.9. The van der Waals surface area contributed by atoms with Gasteiger partial charge in [0.15, 0.2) is 0 Å². The average molecular weight is 304 g/mol. The van der Waals surface area contributed by atoms with E-state index >= 15 is 0 Å². The Morgan fingerprint density at radius 2 is 1.76 bits per heavy atom. The highest BCUT2D eigenvalue weighted by molar-refractivity contribution is 7.50. The first-order valence-corrected chi connectivity index (χ1v) is 8.54. The summed E-state index contributed by atoms with van der Waals surface area (Å²) in [4.78, 5) is 9.84. The summed E-state index contributed by atoms with van der Waals surface area (Å²) in [5.41, 5.74) is 0. The Hall–Kier alpha value is 0.690. The smallest absolute Gasteiger partial charge is 0.312 e. The second-order valence-corrected chi connectivity index (χ2v) is 6.83. The Morgan fingerprint density at radius 1 is 1.24 bits per heavy atom. The molecule has 1 aliphatic rings. The van der Waals surface area contributed by atoms with E-state index in [1.165, 1.54) is 17.5 Å². The molecule has 0 bridgehead atoms. The number of halogens is 2. The van der Waals surface area contributed by atoms with Gasteiger partial charge in [-0.05, 0) is 18.8 Å². The van der Waals surface area contributed by atoms with Crippen LogP contribution in [0.5, 0.6) is 0 Å². The van der Waals surface area contributed by atoms with Crippen molar-refractivity contribution < 1.29 is 14.0 Å². The van der Waals surface area contributed by atoms with Gasteiger partial charge in [-0.2, -0.15) is 0 Å². The van der Waals surface area contributed by atoms with E-state index < -0.39 is 7.75 Å². The van der Waals surface area contributed by atoms with Gasteiger partial charge in [0.2, 0.25) is 0 Å². The van der Waals surface area contributed by atoms with Gasteiger partial charge >= 0.3 is 7.75 Å². The van der Waals surface area contributed by atoms with Crippen molar-refractivity contribution in [2.24, 2.45) is 5.92 Å². The Bertz CT molecular complexity index is 256. The maximum atomic E-state index is 12.0. The largest absolute Gasteiger partial charge is 0.405 e. The quantitative estimate of drug-likeness (QED) is 0.553. The molecule has 1 atom stereocenters. The molecule has 4 nitrogen and oxygen atoms in total. The predicted molar refractivity (Wildman–Crippen MR) is 70.7 cm³/mol. The topological polar surface area (TPSA) is 49.8 Å². The second kappa shape index (κ2) is 7.98. The third kappa shape index (κ3) is 5.46. The average Bonchev–Trinajstić information content (AvgIpc) is 2.79. The molecule has 1 fully saturated rings. The molecule has 0 aromatic rings. The molecular weight excluding hydrogens is 284 g/mol. The maximum absolute atomic E-state index is 12.0. The highest BCUT2D eigenvalue weighted by Gasteiger charge is 2.30. The molecule has 1 rings (SSSR count). The van der Waals surface area contributed by atoms with Crippen LogP contribution in [0.4, 0.5) is 0 Å². The lowest BCUT2D eigenvalue weighted by atomic mass is 10.1. The van der Waals surface area contributed by atoms with Gasteiger partial charge in [-0.1, -0.05) is 12.8 Å². The van der Waals surface area contributed by atoms with Gasteiger partial charge in [0.25, 0.3) is 0 Å². The van der Waals surface area contributed by atoms with Crippen molar-refractivity contribution >= 4 is 30.9 Å². The summed E-state index contributed by atoms with van der Waals surface area (Å²) in [6.45, 7) is 0.980. The fourth-order valence-corrected chi connectivity index (χ4v) is 3.94. The van der Waals surface area contributed by atoms with Crippen LogP contribution in [0.1, 0.15) is 25.7 Å². The minimum Gasteiger partial charge on any atom is -0.312 e. The van der Waals surface area contributed by atoms with E-state index in [0.717, 1.165) is 12.8 Å². The summed E-state index contributed by atoms with van der Waals surface area (Å²) in [5.74, 6) is 0.993. The van der Waals surface area contributed by atoms with E-state index in [1.54, 1.807) is 0 Å². The van der Waals surface area contributed by atoms with Crippen molar-refractivity contribution in [1.29, 1.82) is 0 Å². The van der Waals surface area contributed by atoms with E-state index in [-0.39, 0.29) is 11.8 Å². The first-order chi connectivity index (χ1) is 8.10. The Labute approximate surface area is 113 Å². The van der Waals surface area contributed by atoms with Crippen molar-refractivity contribution in [2.45, 2.75) is 25.7 Å². The summed E-state index contributed by atoms with van der Waals surface area (Å²) in [5, 5.41) is 0. The minimum atomic E-state index is -3.72. The number of nitrogens with zero attached hydrogens (tertiary/aromatic N) is 1. The van der Waals surface area contributed by atoms with Crippen LogP contribution < -0.4 is 0 Å². The van der Waals surface area contributed by atoms with Gasteiger partial charge in [0.1, 0.15) is 0 Å². The van der Waals surface area contributed by atoms with Crippen molar-refractivity contribution in [2.75, 3.05) is 31.5 Å². The zero-order chi connectivity index (χ0) is 12.7. The third-order valence-electron chi connectivity index (χ3n) is 3.00. The molecule has 0 aromatic heterocycles. The van der Waals surface area contributed by atoms with Gasteiger partial charge in [-0.25, -0.2) is 9.24 Å². The standard InChI is InChI=1S/C10H20Cl2NO3P/c11-5-7-13(8-6-12)17(14,15)16-9-10-3-1-2-4-10/h10H,1-9H2,(H,14,15). The van der Waals surface area contributed by atoms with E-state index in [2.05, 4.69) is 0 Å². The molecule has 102 valence electrons. The van der Waals surface area contributed by atoms with Crippen molar-refractivity contribution in [3.05, 3.63) is 0 Å². The van der Waals surface area contributed by atoms with Gasteiger partial charge in [-0.3, -0.25) is 4.52 Å². The molecule has 0 heterocycles. The Balaban J connectivity index is 2.42. The lowest BCUT2D eigenvalue weighted by Gasteiger charge is -2.26. The molecule has 1 saturated carbocycles. The van der Waals surface area contributed by atoms with Crippen molar-refractivity contribution in [3.8, 4) is 0 Å². The van der Waals surface area contributed by atoms with Crippen LogP contribution in [0.2, 0.25) is 0 Å². The molecule has 0 saturated heterocycles. The second-order valence-electron chi connectivity index (χ2n) is 4.27. The van der Waals surface area contributed by atoms with Crippen LogP contribution in [0.3, 0.4) is 0 Å². The van der Waals surface area contributed by atoms with Crippen molar-refractivity contribution in [3.63, 3.8) is 0 Å². The fourth-order valence-electron chi connectivity index (χ4n) is 2.02. The molecule has 0 aromatic carbocycles. The molecule has 1 unspecified atom stereocenters. The molecule has 7 heteroatoms. The van der Waals surface area contributed by atoms with Crippen LogP contribution in [0.15, 0.2) is 0 Å². The predicted octanol–water partition coefficient (Wildman–Crippen LogP) is 3.07. The number of rotatable bonds is 8. The molecular formula is C10H20Cl2NO3P. The molecule has 1 N–H and O–H groups in total. The van der Waals surface area contributed by atoms with Crippen molar-refractivity contribution in [1.82, 2.24) is 4.67 Å². The zero-order valence-electron chi connectivity index (χ0n) is 9.86. The first kappa shape index (κ1) is 15.7. The van der Waals surface area contributed by atoms with Crippen LogP contribution in [-0.4, -0.2) is 41.0 Å². The molecule has 1 aliphatic carbocycles. The van der Waals surface area contributed by atoms with Gasteiger partial charge in [-0.15, -0.1) is 23.2 Å². The minimum absolute atomic E-state index is 0.286. The lowest BCUT2D eigenvalue weighted by Crippen LogP contribution is -2.26. The summed E-state index contributed by atoms with van der Waals surface area (Å²) in [6, 6.07) is 0. The SMILES string of the molecule is O=P(O)(OCC1CCCC1)N(CCCl)CCCl. The Morgan fingerprint density at radius 3 is 2.24 bits per heavy atom. The van der Waals surface area contributed by atoms with E-state index in [9.17, 15) is 9.46 Å². The Kier molecular flexibility index (Phi) is 7.39. The van der Waals surface area contributed by atoms with Crippen LogP contribution in [0, 0.1) is 5.92 Å². The molecule has 0 amide bonds. The molecule has 17 heavy (non-hydrogen) atoms. The molecule has 0 aliphatic heterocycles. The highest BCUT2D eigenvalue weighted by atomic mass is 35.5. The highest BCUT2D eigenvalue weighted by Crippen LogP contribution is 2.47. The van der Waals surface area contributed by atoms with E-state index in [0.29, 0.717) is 25.6 Å². The first-order valence-electron chi connectivity index (χ1n) is 5.95. The summed E-state index contributed by atoms with van der Waals surface area (Å²) in [6.07, 6.45) is 4.56. The fraction of sp³-hybridized carbons (Fsp3) is 1.00. The van der Waals surface area contributed by atoms with Gasteiger partial charge in [0, 0.05) is 24.8 Å². The monoisotopic (exact) mass is 303 g/mol. The van der Waals surface area contributed by atoms with Crippen LogP contribution in [-0.2, 0) is 9.09 Å². The summed E-state index contributed by atoms with van der Waals surface area (Å²) >= 11 is 11.2. The maximum Gasteiger partial charge on any atom is 0.405 e. The zero-order valence-corrected chi connectivity index (χ0v) is 12.3. The molecule has 0 spiro atoms. The summed E-state index contributed by atoms with van der Waals surface area (Å²) in [7, 11) is -3.72. The third-order valence-corrected chi connectivity index (χ3v) is 4.93. The molecule has 0 radical (unpaired) electrons. The van der Waals surface area contributed by atoms with Crippen LogP contribution >= 0.6 is 30.9 Å². The number of hydrogen-bond donors (Lipinski definition) is 1. The van der Waals surface area contributed by atoms with Gasteiger partial charge in [0.05, 0.1) is 6.61 Å². The van der Waals surface area contributed by atoms with E-state index in [4.69, 9.17) is 27.7 Å². The lowest BCUT2D eigenvalue weighted by molar-refractivity contribution is 0.178. The van der Waals surface area contributed by atoms with Crippen LogP contribution in [0.25, 0.3) is 0 Å². The van der Waals surface area contributed by atoms with Gasteiger partial charge < -0.3 is 4.89 Å².